The molecule has 0 amide bonds. The molecular weight excluding hydrogens is 212 g/mol. The SMILES string of the molecule is C=CC(C)(/C=C\C(C)C(C)C)C(C)(C)C(=O)O. The fraction of sp³-hybridized carbons (Fsp3) is 0.667. The molecule has 1 N–H and O–H groups in total. The largest absolute Gasteiger partial charge is 0.481 e. The highest BCUT2D eigenvalue weighted by atomic mass is 16.4. The molecule has 0 fully saturated rings. The first-order valence-corrected chi connectivity index (χ1v) is 6.15. The maximum Gasteiger partial charge on any atom is 0.310 e. The summed E-state index contributed by atoms with van der Waals surface area (Å²) in [4.78, 5) is 11.3. The molecule has 98 valence electrons. The highest BCUT2D eigenvalue weighted by Gasteiger charge is 2.43. The molecule has 0 aromatic heterocycles. The van der Waals surface area contributed by atoms with Gasteiger partial charge in [-0.1, -0.05) is 45.9 Å². The van der Waals surface area contributed by atoms with Gasteiger partial charge in [-0.3, -0.25) is 4.79 Å². The van der Waals surface area contributed by atoms with Crippen molar-refractivity contribution in [3.8, 4) is 0 Å². The normalized spacial score (nSPS) is 18.1. The minimum atomic E-state index is -0.859. The van der Waals surface area contributed by atoms with Gasteiger partial charge in [0.05, 0.1) is 5.41 Å². The van der Waals surface area contributed by atoms with Gasteiger partial charge in [0.25, 0.3) is 0 Å². The third-order valence-electron chi connectivity index (χ3n) is 4.10. The van der Waals surface area contributed by atoms with Crippen LogP contribution >= 0.6 is 0 Å². The Hall–Kier alpha value is -1.05. The summed E-state index contributed by atoms with van der Waals surface area (Å²) >= 11 is 0. The molecule has 0 aromatic carbocycles. The molecule has 2 nitrogen and oxygen atoms in total. The van der Waals surface area contributed by atoms with Gasteiger partial charge in [-0.2, -0.15) is 0 Å². The van der Waals surface area contributed by atoms with E-state index >= 15 is 0 Å². The van der Waals surface area contributed by atoms with E-state index in [9.17, 15) is 9.90 Å². The lowest BCUT2D eigenvalue weighted by Gasteiger charge is -2.36. The molecule has 2 unspecified atom stereocenters. The summed E-state index contributed by atoms with van der Waals surface area (Å²) in [7, 11) is 0. The highest BCUT2D eigenvalue weighted by Crippen LogP contribution is 2.41. The zero-order valence-corrected chi connectivity index (χ0v) is 11.9. The van der Waals surface area contributed by atoms with Crippen LogP contribution in [0.15, 0.2) is 24.8 Å². The Morgan fingerprint density at radius 1 is 1.24 bits per heavy atom. The summed E-state index contributed by atoms with van der Waals surface area (Å²) in [5.41, 5.74) is -1.40. The van der Waals surface area contributed by atoms with Crippen LogP contribution in [0.25, 0.3) is 0 Å². The summed E-state index contributed by atoms with van der Waals surface area (Å²) in [5, 5.41) is 9.30. The van der Waals surface area contributed by atoms with E-state index in [0.29, 0.717) is 11.8 Å². The molecule has 0 aliphatic carbocycles. The van der Waals surface area contributed by atoms with E-state index in [1.165, 1.54) is 0 Å². The van der Waals surface area contributed by atoms with E-state index in [0.717, 1.165) is 0 Å². The van der Waals surface area contributed by atoms with Gasteiger partial charge in [-0.05, 0) is 25.7 Å². The molecule has 0 aliphatic rings. The topological polar surface area (TPSA) is 37.3 Å². The summed E-state index contributed by atoms with van der Waals surface area (Å²) in [5.74, 6) is 0.175. The number of carboxylic acids is 1. The van der Waals surface area contributed by atoms with Crippen LogP contribution in [0.2, 0.25) is 0 Å². The Morgan fingerprint density at radius 2 is 1.71 bits per heavy atom. The fourth-order valence-corrected chi connectivity index (χ4v) is 1.34. The van der Waals surface area contributed by atoms with Crippen molar-refractivity contribution in [3.05, 3.63) is 24.8 Å². The Balaban J connectivity index is 5.19. The Bertz CT molecular complexity index is 313. The van der Waals surface area contributed by atoms with Crippen molar-refractivity contribution in [3.63, 3.8) is 0 Å². The Morgan fingerprint density at radius 3 is 2.00 bits per heavy atom. The molecule has 0 saturated heterocycles. The van der Waals surface area contributed by atoms with Crippen LogP contribution in [0.5, 0.6) is 0 Å². The van der Waals surface area contributed by atoms with Crippen LogP contribution < -0.4 is 0 Å². The van der Waals surface area contributed by atoms with E-state index in [-0.39, 0.29) is 0 Å². The Kier molecular flexibility index (Phi) is 5.18. The molecule has 0 rings (SSSR count). The van der Waals surface area contributed by atoms with Crippen molar-refractivity contribution in [2.75, 3.05) is 0 Å². The smallest absolute Gasteiger partial charge is 0.310 e. The first kappa shape index (κ1) is 16.0. The summed E-state index contributed by atoms with van der Waals surface area (Å²) in [6, 6.07) is 0. The van der Waals surface area contributed by atoms with Gasteiger partial charge >= 0.3 is 5.97 Å². The van der Waals surface area contributed by atoms with Crippen molar-refractivity contribution in [2.45, 2.75) is 41.5 Å². The van der Waals surface area contributed by atoms with Gasteiger partial charge < -0.3 is 5.11 Å². The highest BCUT2D eigenvalue weighted by molar-refractivity contribution is 5.75. The number of hydrogen-bond donors (Lipinski definition) is 1. The van der Waals surface area contributed by atoms with Crippen molar-refractivity contribution in [2.24, 2.45) is 22.7 Å². The second-order valence-electron chi connectivity index (χ2n) is 5.88. The number of carboxylic acid groups (broad SMARTS) is 1. The molecule has 2 heteroatoms. The van der Waals surface area contributed by atoms with Crippen LogP contribution in [0, 0.1) is 22.7 Å². The number of aliphatic carboxylic acids is 1. The molecule has 0 bridgehead atoms. The first-order valence-electron chi connectivity index (χ1n) is 6.15. The van der Waals surface area contributed by atoms with Crippen LogP contribution in [-0.4, -0.2) is 11.1 Å². The van der Waals surface area contributed by atoms with E-state index < -0.39 is 16.8 Å². The maximum atomic E-state index is 11.3. The van der Waals surface area contributed by atoms with Crippen LogP contribution in [0.4, 0.5) is 0 Å². The zero-order valence-electron chi connectivity index (χ0n) is 11.9. The maximum absolute atomic E-state index is 11.3. The number of rotatable bonds is 6. The third-order valence-corrected chi connectivity index (χ3v) is 4.10. The lowest BCUT2D eigenvalue weighted by molar-refractivity contribution is -0.150. The number of hydrogen-bond acceptors (Lipinski definition) is 1. The Labute approximate surface area is 105 Å². The predicted molar refractivity (Wildman–Crippen MR) is 72.9 cm³/mol. The average Bonchev–Trinajstić information content (AvgIpc) is 2.24. The van der Waals surface area contributed by atoms with Crippen LogP contribution in [0.3, 0.4) is 0 Å². The fourth-order valence-electron chi connectivity index (χ4n) is 1.34. The van der Waals surface area contributed by atoms with Gasteiger partial charge in [-0.25, -0.2) is 0 Å². The third kappa shape index (κ3) is 3.45. The summed E-state index contributed by atoms with van der Waals surface area (Å²) < 4.78 is 0. The van der Waals surface area contributed by atoms with Crippen molar-refractivity contribution in [1.29, 1.82) is 0 Å². The quantitative estimate of drug-likeness (QED) is 0.706. The molecule has 2 atom stereocenters. The number of allylic oxidation sites excluding steroid dienone is 3. The van der Waals surface area contributed by atoms with Crippen LogP contribution in [0.1, 0.15) is 41.5 Å². The van der Waals surface area contributed by atoms with Crippen molar-refractivity contribution >= 4 is 5.97 Å². The second kappa shape index (κ2) is 5.52. The first-order chi connectivity index (χ1) is 7.58. The standard InChI is InChI=1S/C15H26O2/c1-8-15(7,14(5,6)13(16)17)10-9-12(4)11(2)3/h8-12H,1H2,2-7H3,(H,16,17)/b10-9-. The van der Waals surface area contributed by atoms with Crippen molar-refractivity contribution in [1.82, 2.24) is 0 Å². The van der Waals surface area contributed by atoms with Crippen molar-refractivity contribution < 1.29 is 9.90 Å². The lowest BCUT2D eigenvalue weighted by Crippen LogP contribution is -2.39. The molecule has 0 heterocycles. The molecule has 0 spiro atoms. The minimum Gasteiger partial charge on any atom is -0.481 e. The summed E-state index contributed by atoms with van der Waals surface area (Å²) in [6.45, 7) is 15.6. The van der Waals surface area contributed by atoms with Crippen LogP contribution in [-0.2, 0) is 4.79 Å². The van der Waals surface area contributed by atoms with Gasteiger partial charge in [0.2, 0.25) is 0 Å². The predicted octanol–water partition coefficient (Wildman–Crippen LogP) is 4.14. The monoisotopic (exact) mass is 238 g/mol. The van der Waals surface area contributed by atoms with Gasteiger partial charge in [0.1, 0.15) is 0 Å². The molecule has 17 heavy (non-hydrogen) atoms. The van der Waals surface area contributed by atoms with E-state index in [2.05, 4.69) is 33.4 Å². The molecule has 0 aliphatic heterocycles. The number of carbonyl (C=O) groups is 1. The minimum absolute atomic E-state index is 0.430. The molecule has 0 radical (unpaired) electrons. The second-order valence-corrected chi connectivity index (χ2v) is 5.88. The average molecular weight is 238 g/mol. The zero-order chi connectivity index (χ0) is 13.9. The van der Waals surface area contributed by atoms with Gasteiger partial charge in [0, 0.05) is 5.41 Å². The van der Waals surface area contributed by atoms with Gasteiger partial charge in [0.15, 0.2) is 0 Å². The van der Waals surface area contributed by atoms with E-state index in [1.807, 2.05) is 13.0 Å². The summed E-state index contributed by atoms with van der Waals surface area (Å²) in [6.07, 6.45) is 5.81. The van der Waals surface area contributed by atoms with Gasteiger partial charge in [-0.15, -0.1) is 6.58 Å². The molecule has 0 saturated carbocycles. The van der Waals surface area contributed by atoms with E-state index in [1.54, 1.807) is 19.9 Å². The van der Waals surface area contributed by atoms with E-state index in [4.69, 9.17) is 0 Å². The molecule has 0 aromatic rings. The molecular formula is C15H26O2. The lowest BCUT2D eigenvalue weighted by atomic mass is 9.66.